The number of nitrogens with zero attached hydrogens (tertiary/aromatic N) is 1. The third-order valence-corrected chi connectivity index (χ3v) is 3.85. The van der Waals surface area contributed by atoms with Crippen molar-refractivity contribution in [3.8, 4) is 0 Å². The van der Waals surface area contributed by atoms with E-state index in [1.165, 1.54) is 11.0 Å². The molecule has 0 aromatic carbocycles. The Morgan fingerprint density at radius 1 is 1.53 bits per heavy atom. The van der Waals surface area contributed by atoms with Gasteiger partial charge in [-0.25, -0.2) is 0 Å². The summed E-state index contributed by atoms with van der Waals surface area (Å²) >= 11 is 0. The van der Waals surface area contributed by atoms with Gasteiger partial charge in [0, 0.05) is 12.6 Å². The maximum absolute atomic E-state index is 11.9. The van der Waals surface area contributed by atoms with Gasteiger partial charge in [-0.05, 0) is 17.9 Å². The Morgan fingerprint density at radius 2 is 2.16 bits per heavy atom. The fourth-order valence-corrected chi connectivity index (χ4v) is 2.36. The maximum atomic E-state index is 11.9. The van der Waals surface area contributed by atoms with Crippen LogP contribution in [0.15, 0.2) is 11.6 Å². The van der Waals surface area contributed by atoms with Crippen LogP contribution in [0.2, 0.25) is 0 Å². The van der Waals surface area contributed by atoms with E-state index in [2.05, 4.69) is 0 Å². The molecule has 0 aromatic rings. The van der Waals surface area contributed by atoms with E-state index in [0.717, 1.165) is 18.4 Å². The number of rotatable bonds is 7. The second kappa shape index (κ2) is 6.70. The lowest BCUT2D eigenvalue weighted by molar-refractivity contribution is -0.134. The average molecular weight is 268 g/mol. The fourth-order valence-electron chi connectivity index (χ4n) is 2.36. The number of nitrogens with two attached hydrogens (primary N) is 1. The first-order valence-electron chi connectivity index (χ1n) is 6.90. The maximum Gasteiger partial charge on any atom is 0.248 e. The van der Waals surface area contributed by atoms with Gasteiger partial charge >= 0.3 is 0 Å². The van der Waals surface area contributed by atoms with Gasteiger partial charge < -0.3 is 15.7 Å². The molecule has 0 aromatic heterocycles. The van der Waals surface area contributed by atoms with Gasteiger partial charge in [-0.3, -0.25) is 9.59 Å². The topological polar surface area (TPSA) is 83.6 Å². The van der Waals surface area contributed by atoms with Crippen LogP contribution in [0.1, 0.15) is 40.0 Å². The first kappa shape index (κ1) is 15.7. The van der Waals surface area contributed by atoms with Gasteiger partial charge in [0.05, 0.1) is 5.92 Å². The molecule has 3 N–H and O–H groups in total. The molecule has 0 fully saturated rings. The predicted octanol–water partition coefficient (Wildman–Crippen LogP) is 1.02. The molecule has 5 heteroatoms. The molecule has 1 rings (SSSR count). The average Bonchev–Trinajstić information content (AvgIpc) is 2.61. The van der Waals surface area contributed by atoms with Crippen molar-refractivity contribution in [2.24, 2.45) is 17.6 Å². The minimum absolute atomic E-state index is 0.0905. The standard InChI is InChI=1S/C14H24N2O3/c1-4-6-10-7-12(17)16(14(10)19)8-11(13(15)18)9(3)5-2/h7,9,11,14,19H,4-6,8H2,1-3H3,(H2,15,18)/t9-,11+,14?/m1/s1. The number of carbonyl (C=O) groups is 2. The van der Waals surface area contributed by atoms with Crippen LogP contribution in [-0.2, 0) is 9.59 Å². The predicted molar refractivity (Wildman–Crippen MR) is 72.9 cm³/mol. The summed E-state index contributed by atoms with van der Waals surface area (Å²) in [6.07, 6.45) is 2.94. The molecule has 108 valence electrons. The van der Waals surface area contributed by atoms with Crippen molar-refractivity contribution < 1.29 is 14.7 Å². The molecule has 5 nitrogen and oxygen atoms in total. The molecule has 0 bridgehead atoms. The van der Waals surface area contributed by atoms with E-state index in [4.69, 9.17) is 5.73 Å². The van der Waals surface area contributed by atoms with Crippen molar-refractivity contribution in [2.75, 3.05) is 6.54 Å². The zero-order chi connectivity index (χ0) is 14.6. The highest BCUT2D eigenvalue weighted by molar-refractivity contribution is 5.92. The van der Waals surface area contributed by atoms with Crippen LogP contribution in [-0.4, -0.2) is 34.6 Å². The van der Waals surface area contributed by atoms with Crippen molar-refractivity contribution in [1.29, 1.82) is 0 Å². The van der Waals surface area contributed by atoms with Gasteiger partial charge in [0.2, 0.25) is 11.8 Å². The summed E-state index contributed by atoms with van der Waals surface area (Å²) in [6, 6.07) is 0. The molecule has 0 radical (unpaired) electrons. The zero-order valence-electron chi connectivity index (χ0n) is 11.9. The highest BCUT2D eigenvalue weighted by atomic mass is 16.3. The SMILES string of the molecule is CCCC1=CC(=O)N(C[C@H](C(N)=O)[C@H](C)CC)C1O. The second-order valence-electron chi connectivity index (χ2n) is 5.23. The summed E-state index contributed by atoms with van der Waals surface area (Å²) in [5.74, 6) is -0.977. The Morgan fingerprint density at radius 3 is 2.63 bits per heavy atom. The second-order valence-corrected chi connectivity index (χ2v) is 5.23. The number of amides is 2. The molecule has 0 saturated carbocycles. The molecule has 1 heterocycles. The van der Waals surface area contributed by atoms with Crippen molar-refractivity contribution >= 4 is 11.8 Å². The van der Waals surface area contributed by atoms with Crippen molar-refractivity contribution in [3.05, 3.63) is 11.6 Å². The molecule has 19 heavy (non-hydrogen) atoms. The largest absolute Gasteiger partial charge is 0.369 e. The first-order valence-corrected chi connectivity index (χ1v) is 6.90. The van der Waals surface area contributed by atoms with Crippen LogP contribution in [0, 0.1) is 11.8 Å². The molecular formula is C14H24N2O3. The van der Waals surface area contributed by atoms with Gasteiger partial charge in [-0.1, -0.05) is 33.6 Å². The van der Waals surface area contributed by atoms with Crippen LogP contribution in [0.3, 0.4) is 0 Å². The van der Waals surface area contributed by atoms with Crippen LogP contribution < -0.4 is 5.73 Å². The highest BCUT2D eigenvalue weighted by Crippen LogP contribution is 2.25. The third kappa shape index (κ3) is 3.56. The molecule has 0 spiro atoms. The molecule has 0 aliphatic carbocycles. The molecule has 1 unspecified atom stereocenters. The molecule has 3 atom stereocenters. The van der Waals surface area contributed by atoms with E-state index in [1.54, 1.807) is 0 Å². The van der Waals surface area contributed by atoms with Crippen molar-refractivity contribution in [3.63, 3.8) is 0 Å². The number of hydrogen-bond acceptors (Lipinski definition) is 3. The molecule has 1 aliphatic heterocycles. The Hall–Kier alpha value is -1.36. The molecule has 2 amide bonds. The monoisotopic (exact) mass is 268 g/mol. The number of primary amides is 1. The van der Waals surface area contributed by atoms with Gasteiger partial charge in [-0.15, -0.1) is 0 Å². The summed E-state index contributed by atoms with van der Waals surface area (Å²) in [6.45, 7) is 6.09. The number of carbonyl (C=O) groups excluding carboxylic acids is 2. The normalized spacial score (nSPS) is 22.3. The van der Waals surface area contributed by atoms with E-state index in [-0.39, 0.29) is 18.4 Å². The number of hydrogen-bond donors (Lipinski definition) is 2. The van der Waals surface area contributed by atoms with E-state index >= 15 is 0 Å². The molecular weight excluding hydrogens is 244 g/mol. The van der Waals surface area contributed by atoms with Crippen LogP contribution in [0.25, 0.3) is 0 Å². The van der Waals surface area contributed by atoms with E-state index in [0.29, 0.717) is 6.42 Å². The lowest BCUT2D eigenvalue weighted by Crippen LogP contribution is -2.44. The Kier molecular flexibility index (Phi) is 5.54. The van der Waals surface area contributed by atoms with Crippen LogP contribution in [0.4, 0.5) is 0 Å². The number of aliphatic hydroxyl groups excluding tert-OH is 1. The van der Waals surface area contributed by atoms with Gasteiger partial charge in [0.15, 0.2) is 6.23 Å². The Labute approximate surface area is 114 Å². The van der Waals surface area contributed by atoms with E-state index < -0.39 is 18.1 Å². The lowest BCUT2D eigenvalue weighted by Gasteiger charge is -2.29. The fraction of sp³-hybridized carbons (Fsp3) is 0.714. The quantitative estimate of drug-likeness (QED) is 0.723. The minimum Gasteiger partial charge on any atom is -0.369 e. The first-order chi connectivity index (χ1) is 8.92. The van der Waals surface area contributed by atoms with Gasteiger partial charge in [-0.2, -0.15) is 0 Å². The minimum atomic E-state index is -0.904. The summed E-state index contributed by atoms with van der Waals surface area (Å²) in [7, 11) is 0. The summed E-state index contributed by atoms with van der Waals surface area (Å²) in [4.78, 5) is 24.7. The summed E-state index contributed by atoms with van der Waals surface area (Å²) in [5.41, 5.74) is 6.12. The lowest BCUT2D eigenvalue weighted by atomic mass is 9.90. The summed E-state index contributed by atoms with van der Waals surface area (Å²) < 4.78 is 0. The van der Waals surface area contributed by atoms with Gasteiger partial charge in [0.25, 0.3) is 0 Å². The Bertz CT molecular complexity index is 379. The Balaban J connectivity index is 2.76. The molecule has 0 saturated heterocycles. The van der Waals surface area contributed by atoms with Gasteiger partial charge in [0.1, 0.15) is 0 Å². The zero-order valence-corrected chi connectivity index (χ0v) is 11.9. The number of aliphatic hydroxyl groups is 1. The highest BCUT2D eigenvalue weighted by Gasteiger charge is 2.34. The third-order valence-electron chi connectivity index (χ3n) is 3.85. The van der Waals surface area contributed by atoms with E-state index in [9.17, 15) is 14.7 Å². The molecule has 1 aliphatic rings. The van der Waals surface area contributed by atoms with Crippen LogP contribution >= 0.6 is 0 Å². The van der Waals surface area contributed by atoms with E-state index in [1.807, 2.05) is 20.8 Å². The van der Waals surface area contributed by atoms with Crippen molar-refractivity contribution in [1.82, 2.24) is 4.90 Å². The smallest absolute Gasteiger partial charge is 0.248 e. The van der Waals surface area contributed by atoms with Crippen molar-refractivity contribution in [2.45, 2.75) is 46.3 Å². The van der Waals surface area contributed by atoms with Crippen LogP contribution in [0.5, 0.6) is 0 Å². The summed E-state index contributed by atoms with van der Waals surface area (Å²) in [5, 5.41) is 10.1.